The topological polar surface area (TPSA) is 63.4 Å². The van der Waals surface area contributed by atoms with Crippen molar-refractivity contribution < 1.29 is 9.69 Å². The molecule has 1 atom stereocenters. The zero-order valence-electron chi connectivity index (χ0n) is 17.4. The van der Waals surface area contributed by atoms with Crippen molar-refractivity contribution in [3.63, 3.8) is 0 Å². The predicted molar refractivity (Wildman–Crippen MR) is 115 cm³/mol. The minimum Gasteiger partial charge on any atom is -0.335 e. The van der Waals surface area contributed by atoms with Crippen LogP contribution in [0.3, 0.4) is 0 Å². The number of hydrogen-bond acceptors (Lipinski definition) is 2. The molecule has 0 saturated heterocycles. The molecule has 6 heteroatoms. The van der Waals surface area contributed by atoms with E-state index < -0.39 is 0 Å². The van der Waals surface area contributed by atoms with E-state index in [1.54, 1.807) is 4.90 Å². The van der Waals surface area contributed by atoms with Gasteiger partial charge in [0.25, 0.3) is 0 Å². The van der Waals surface area contributed by atoms with E-state index >= 15 is 0 Å². The fourth-order valence-electron chi connectivity index (χ4n) is 5.65. The molecule has 3 aliphatic rings. The number of amides is 2. The van der Waals surface area contributed by atoms with Gasteiger partial charge in [-0.15, -0.1) is 0 Å². The summed E-state index contributed by atoms with van der Waals surface area (Å²) in [7, 11) is 0. The molecule has 5 rings (SSSR count). The van der Waals surface area contributed by atoms with Crippen LogP contribution < -0.4 is 15.5 Å². The molecule has 1 aliphatic heterocycles. The molecule has 3 N–H and O–H groups in total. The molecule has 29 heavy (non-hydrogen) atoms. The second-order valence-corrected chi connectivity index (χ2v) is 9.24. The Labute approximate surface area is 173 Å². The van der Waals surface area contributed by atoms with Crippen LogP contribution in [0.1, 0.15) is 70.0 Å². The van der Waals surface area contributed by atoms with Gasteiger partial charge in [-0.25, -0.2) is 9.78 Å². The number of fused-ring (bicyclic) bond motifs is 3. The van der Waals surface area contributed by atoms with Crippen molar-refractivity contribution in [3.05, 3.63) is 24.0 Å². The number of carbonyl (C=O) groups is 1. The van der Waals surface area contributed by atoms with Crippen molar-refractivity contribution in [2.24, 2.45) is 0 Å². The highest BCUT2D eigenvalue weighted by molar-refractivity contribution is 5.92. The average Bonchev–Trinajstić information content (AvgIpc) is 3.12. The number of nitrogens with one attached hydrogen (secondary N) is 3. The molecule has 1 unspecified atom stereocenters. The third kappa shape index (κ3) is 4.13. The van der Waals surface area contributed by atoms with Crippen LogP contribution >= 0.6 is 0 Å². The van der Waals surface area contributed by atoms with Gasteiger partial charge in [-0.3, -0.25) is 0 Å². The zero-order chi connectivity index (χ0) is 19.6. The monoisotopic (exact) mass is 396 g/mol. The second kappa shape index (κ2) is 8.34. The Hall–Kier alpha value is -2.08. The number of hydrogen-bond donors (Lipinski definition) is 3. The number of carbonyl (C=O) groups excluding carboxylic acids is 1. The van der Waals surface area contributed by atoms with E-state index in [0.29, 0.717) is 6.04 Å². The molecule has 1 aromatic carbocycles. The third-order valence-electron chi connectivity index (χ3n) is 7.25. The number of benzene rings is 1. The van der Waals surface area contributed by atoms with Crippen LogP contribution in [0.5, 0.6) is 0 Å². The Morgan fingerprint density at radius 1 is 1.03 bits per heavy atom. The molecule has 1 aromatic heterocycles. The SMILES string of the molecule is O=C(Nc1ccc2c(c1)nc1n2CC[NH+](C2CCCCC2)C1)NC1CCCCC1. The van der Waals surface area contributed by atoms with Crippen molar-refractivity contribution in [2.45, 2.75) is 89.4 Å². The van der Waals surface area contributed by atoms with E-state index in [4.69, 9.17) is 4.98 Å². The van der Waals surface area contributed by atoms with Crippen LogP contribution in [-0.2, 0) is 13.1 Å². The number of aromatic nitrogens is 2. The fraction of sp³-hybridized carbons (Fsp3) is 0.652. The number of quaternary nitrogens is 1. The maximum Gasteiger partial charge on any atom is 0.319 e. The maximum absolute atomic E-state index is 12.4. The lowest BCUT2D eigenvalue weighted by molar-refractivity contribution is -0.944. The average molecular weight is 397 g/mol. The first kappa shape index (κ1) is 18.9. The van der Waals surface area contributed by atoms with Crippen LogP contribution in [0, 0.1) is 0 Å². The fourth-order valence-corrected chi connectivity index (χ4v) is 5.65. The molecular formula is C23H34N5O+. The Bertz CT molecular complexity index is 864. The van der Waals surface area contributed by atoms with Gasteiger partial charge < -0.3 is 20.1 Å². The molecule has 0 radical (unpaired) electrons. The summed E-state index contributed by atoms with van der Waals surface area (Å²) >= 11 is 0. The minimum atomic E-state index is -0.0897. The lowest BCUT2D eigenvalue weighted by Gasteiger charge is -2.34. The van der Waals surface area contributed by atoms with Crippen LogP contribution in [0.2, 0.25) is 0 Å². The van der Waals surface area contributed by atoms with Gasteiger partial charge in [-0.2, -0.15) is 0 Å². The van der Waals surface area contributed by atoms with Crippen molar-refractivity contribution in [1.82, 2.24) is 14.9 Å². The summed E-state index contributed by atoms with van der Waals surface area (Å²) in [5.41, 5.74) is 3.03. The summed E-state index contributed by atoms with van der Waals surface area (Å²) in [6.07, 6.45) is 12.9. The summed E-state index contributed by atoms with van der Waals surface area (Å²) in [4.78, 5) is 19.1. The Morgan fingerprint density at radius 3 is 2.59 bits per heavy atom. The maximum atomic E-state index is 12.4. The van der Waals surface area contributed by atoms with Crippen molar-refractivity contribution in [1.29, 1.82) is 0 Å². The highest BCUT2D eigenvalue weighted by Gasteiger charge is 2.30. The van der Waals surface area contributed by atoms with Gasteiger partial charge in [0.1, 0.15) is 6.54 Å². The quantitative estimate of drug-likeness (QED) is 0.746. The van der Waals surface area contributed by atoms with Crippen LogP contribution in [0.25, 0.3) is 11.0 Å². The normalized spacial score (nSPS) is 23.7. The summed E-state index contributed by atoms with van der Waals surface area (Å²) < 4.78 is 2.38. The molecule has 2 aromatic rings. The van der Waals surface area contributed by atoms with Crippen LogP contribution in [-0.4, -0.2) is 34.2 Å². The van der Waals surface area contributed by atoms with Gasteiger partial charge in [0, 0.05) is 11.7 Å². The van der Waals surface area contributed by atoms with Gasteiger partial charge >= 0.3 is 6.03 Å². The zero-order valence-corrected chi connectivity index (χ0v) is 17.4. The number of nitrogens with zero attached hydrogens (tertiary/aromatic N) is 2. The Kier molecular flexibility index (Phi) is 5.44. The predicted octanol–water partition coefficient (Wildman–Crippen LogP) is 3.22. The van der Waals surface area contributed by atoms with Gasteiger partial charge in [0.2, 0.25) is 0 Å². The summed E-state index contributed by atoms with van der Waals surface area (Å²) in [5, 5.41) is 6.15. The van der Waals surface area contributed by atoms with Gasteiger partial charge in [-0.05, 0) is 56.7 Å². The van der Waals surface area contributed by atoms with Crippen LogP contribution in [0.15, 0.2) is 18.2 Å². The Morgan fingerprint density at radius 2 is 1.79 bits per heavy atom. The smallest absolute Gasteiger partial charge is 0.319 e. The van der Waals surface area contributed by atoms with Crippen molar-refractivity contribution >= 4 is 22.8 Å². The number of anilines is 1. The Balaban J connectivity index is 1.27. The molecule has 156 valence electrons. The van der Waals surface area contributed by atoms with E-state index in [9.17, 15) is 4.79 Å². The molecule has 2 fully saturated rings. The first-order valence-electron chi connectivity index (χ1n) is 11.7. The molecule has 6 nitrogen and oxygen atoms in total. The van der Waals surface area contributed by atoms with Crippen molar-refractivity contribution in [3.8, 4) is 0 Å². The number of rotatable bonds is 3. The molecule has 2 heterocycles. The van der Waals surface area contributed by atoms with E-state index in [2.05, 4.69) is 21.3 Å². The largest absolute Gasteiger partial charge is 0.335 e. The highest BCUT2D eigenvalue weighted by atomic mass is 16.2. The number of imidazole rings is 1. The second-order valence-electron chi connectivity index (χ2n) is 9.24. The minimum absolute atomic E-state index is 0.0897. The van der Waals surface area contributed by atoms with Gasteiger partial charge in [0.05, 0.1) is 30.2 Å². The molecular weight excluding hydrogens is 362 g/mol. The highest BCUT2D eigenvalue weighted by Crippen LogP contribution is 2.23. The summed E-state index contributed by atoms with van der Waals surface area (Å²) in [5.74, 6) is 1.20. The van der Waals surface area contributed by atoms with E-state index in [1.165, 1.54) is 69.3 Å². The summed E-state index contributed by atoms with van der Waals surface area (Å²) in [6.45, 7) is 3.28. The molecule has 2 aliphatic carbocycles. The molecule has 0 bridgehead atoms. The lowest BCUT2D eigenvalue weighted by Crippen LogP contribution is -3.15. The van der Waals surface area contributed by atoms with E-state index in [0.717, 1.165) is 43.2 Å². The van der Waals surface area contributed by atoms with Crippen molar-refractivity contribution in [2.75, 3.05) is 11.9 Å². The first-order chi connectivity index (χ1) is 14.3. The molecule has 0 spiro atoms. The van der Waals surface area contributed by atoms with E-state index in [-0.39, 0.29) is 6.03 Å². The van der Waals surface area contributed by atoms with Gasteiger partial charge in [0.15, 0.2) is 5.82 Å². The van der Waals surface area contributed by atoms with Gasteiger partial charge in [-0.1, -0.05) is 25.7 Å². The van der Waals surface area contributed by atoms with E-state index in [1.807, 2.05) is 12.1 Å². The molecule has 2 saturated carbocycles. The number of urea groups is 1. The third-order valence-corrected chi connectivity index (χ3v) is 7.25. The molecule has 2 amide bonds. The lowest BCUT2D eigenvalue weighted by atomic mass is 9.94. The first-order valence-corrected chi connectivity index (χ1v) is 11.7. The summed E-state index contributed by atoms with van der Waals surface area (Å²) in [6, 6.07) is 7.21. The standard InChI is InChI=1S/C23H33N5O/c29-23(24-17-7-3-1-4-8-17)25-18-11-12-21-20(15-18)26-22-16-27(13-14-28(21)22)19-9-5-2-6-10-19/h11-12,15,17,19H,1-10,13-14,16H2,(H2,24,25,29)/p+1. The van der Waals surface area contributed by atoms with Crippen LogP contribution in [0.4, 0.5) is 10.5 Å².